The minimum absolute atomic E-state index is 0.114. The van der Waals surface area contributed by atoms with Crippen LogP contribution in [0.25, 0.3) is 0 Å². The monoisotopic (exact) mass is 237 g/mol. The predicted molar refractivity (Wildman–Crippen MR) is 64.3 cm³/mol. The summed E-state index contributed by atoms with van der Waals surface area (Å²) in [6.07, 6.45) is 1.94. The molecule has 0 aromatic heterocycles. The Hall–Kier alpha value is -1.58. The van der Waals surface area contributed by atoms with Crippen molar-refractivity contribution >= 4 is 11.7 Å². The van der Waals surface area contributed by atoms with E-state index in [1.165, 1.54) is 0 Å². The second kappa shape index (κ2) is 5.17. The summed E-state index contributed by atoms with van der Waals surface area (Å²) in [5.74, 6) is -0.806. The summed E-state index contributed by atoms with van der Waals surface area (Å²) in [6, 6.07) is 6.78. The van der Waals surface area contributed by atoms with E-state index in [-0.39, 0.29) is 18.2 Å². The molecule has 1 aliphatic rings. The van der Waals surface area contributed by atoms with Crippen LogP contribution in [0.5, 0.6) is 0 Å². The quantitative estimate of drug-likeness (QED) is 0.878. The maximum absolute atomic E-state index is 12.6. The first-order chi connectivity index (χ1) is 8.20. The smallest absolute Gasteiger partial charge is 0.335 e. The number of piperidine rings is 1. The molecule has 0 bridgehead atoms. The van der Waals surface area contributed by atoms with Crippen molar-refractivity contribution in [2.45, 2.75) is 12.8 Å². The molecule has 1 N–H and O–H groups in total. The number of nitrogens with zero attached hydrogens (tertiary/aromatic N) is 1. The van der Waals surface area contributed by atoms with Gasteiger partial charge in [0.1, 0.15) is 0 Å². The number of halogens is 1. The maximum Gasteiger partial charge on any atom is 0.335 e. The highest BCUT2D eigenvalue weighted by molar-refractivity contribution is 5.88. The van der Waals surface area contributed by atoms with E-state index >= 15 is 0 Å². The number of benzene rings is 1. The highest BCUT2D eigenvalue weighted by Crippen LogP contribution is 2.23. The van der Waals surface area contributed by atoms with E-state index in [4.69, 9.17) is 5.11 Å². The Bertz CT molecular complexity index is 391. The maximum atomic E-state index is 12.6. The third-order valence-electron chi connectivity index (χ3n) is 3.22. The minimum atomic E-state index is -0.920. The lowest BCUT2D eigenvalue weighted by Gasteiger charge is -2.33. The summed E-state index contributed by atoms with van der Waals surface area (Å²) in [6.45, 7) is 1.37. The molecule has 2 rings (SSSR count). The van der Waals surface area contributed by atoms with Gasteiger partial charge in [-0.1, -0.05) is 0 Å². The number of carboxylic acids is 1. The summed E-state index contributed by atoms with van der Waals surface area (Å²) >= 11 is 0. The van der Waals surface area contributed by atoms with Gasteiger partial charge in [0, 0.05) is 24.7 Å². The summed E-state index contributed by atoms with van der Waals surface area (Å²) in [7, 11) is 0. The molecule has 3 nitrogen and oxygen atoms in total. The van der Waals surface area contributed by atoms with Crippen molar-refractivity contribution in [2.75, 3.05) is 24.7 Å². The van der Waals surface area contributed by atoms with Gasteiger partial charge in [-0.25, -0.2) is 4.79 Å². The van der Waals surface area contributed by atoms with Gasteiger partial charge in [0.05, 0.1) is 12.2 Å². The third kappa shape index (κ3) is 2.75. The minimum Gasteiger partial charge on any atom is -0.478 e. The van der Waals surface area contributed by atoms with Crippen molar-refractivity contribution in [3.05, 3.63) is 29.8 Å². The number of aromatic carboxylic acids is 1. The number of rotatable bonds is 3. The van der Waals surface area contributed by atoms with Gasteiger partial charge in [0.25, 0.3) is 0 Å². The number of carboxylic acid groups (broad SMARTS) is 1. The molecule has 1 heterocycles. The molecular weight excluding hydrogens is 221 g/mol. The van der Waals surface area contributed by atoms with Crippen LogP contribution in [0.1, 0.15) is 23.2 Å². The molecule has 1 aromatic carbocycles. The average Bonchev–Trinajstić information content (AvgIpc) is 2.39. The number of hydrogen-bond donors (Lipinski definition) is 1. The van der Waals surface area contributed by atoms with Crippen LogP contribution in [-0.2, 0) is 0 Å². The summed E-state index contributed by atoms with van der Waals surface area (Å²) in [5.41, 5.74) is 1.26. The van der Waals surface area contributed by atoms with Gasteiger partial charge in [-0.15, -0.1) is 0 Å². The molecular formula is C13H16FNO2. The van der Waals surface area contributed by atoms with E-state index < -0.39 is 5.97 Å². The standard InChI is InChI=1S/C13H16FNO2/c14-8-10-2-1-7-15(9-10)12-5-3-11(4-6-12)13(16)17/h3-6,10H,1-2,7-9H2,(H,16,17)/t10-/m1/s1. The summed E-state index contributed by atoms with van der Waals surface area (Å²) < 4.78 is 12.6. The van der Waals surface area contributed by atoms with Gasteiger partial charge < -0.3 is 10.0 Å². The zero-order valence-corrected chi connectivity index (χ0v) is 9.60. The number of hydrogen-bond acceptors (Lipinski definition) is 2. The van der Waals surface area contributed by atoms with Crippen molar-refractivity contribution in [2.24, 2.45) is 5.92 Å². The van der Waals surface area contributed by atoms with Gasteiger partial charge in [0.2, 0.25) is 0 Å². The van der Waals surface area contributed by atoms with Crippen molar-refractivity contribution in [3.63, 3.8) is 0 Å². The van der Waals surface area contributed by atoms with Crippen LogP contribution in [-0.4, -0.2) is 30.8 Å². The lowest BCUT2D eigenvalue weighted by atomic mass is 9.99. The van der Waals surface area contributed by atoms with Gasteiger partial charge >= 0.3 is 5.97 Å². The highest BCUT2D eigenvalue weighted by atomic mass is 19.1. The first-order valence-electron chi connectivity index (χ1n) is 5.85. The second-order valence-corrected chi connectivity index (χ2v) is 4.46. The van der Waals surface area contributed by atoms with Crippen LogP contribution >= 0.6 is 0 Å². The zero-order valence-electron chi connectivity index (χ0n) is 9.60. The van der Waals surface area contributed by atoms with Crippen LogP contribution in [0.3, 0.4) is 0 Å². The van der Waals surface area contributed by atoms with Gasteiger partial charge in [-0.2, -0.15) is 0 Å². The molecule has 1 aliphatic heterocycles. The average molecular weight is 237 g/mol. The molecule has 4 heteroatoms. The first-order valence-corrected chi connectivity index (χ1v) is 5.85. The van der Waals surface area contributed by atoms with Gasteiger partial charge in [-0.05, 0) is 37.1 Å². The predicted octanol–water partition coefficient (Wildman–Crippen LogP) is 2.57. The van der Waals surface area contributed by atoms with E-state index in [9.17, 15) is 9.18 Å². The lowest BCUT2D eigenvalue weighted by molar-refractivity contribution is 0.0697. The molecule has 1 atom stereocenters. The van der Waals surface area contributed by atoms with E-state index in [1.54, 1.807) is 24.3 Å². The molecule has 0 spiro atoms. The molecule has 0 unspecified atom stereocenters. The molecule has 0 saturated carbocycles. The fourth-order valence-corrected chi connectivity index (χ4v) is 2.24. The fourth-order valence-electron chi connectivity index (χ4n) is 2.24. The van der Waals surface area contributed by atoms with Crippen LogP contribution < -0.4 is 4.90 Å². The van der Waals surface area contributed by atoms with Crippen LogP contribution in [0, 0.1) is 5.92 Å². The Labute approximate surface area is 99.9 Å². The summed E-state index contributed by atoms with van der Waals surface area (Å²) in [4.78, 5) is 12.8. The molecule has 17 heavy (non-hydrogen) atoms. The Morgan fingerprint density at radius 3 is 2.71 bits per heavy atom. The SMILES string of the molecule is O=C(O)c1ccc(N2CCC[C@H](CF)C2)cc1. The van der Waals surface area contributed by atoms with E-state index in [1.807, 2.05) is 0 Å². The Morgan fingerprint density at radius 1 is 1.41 bits per heavy atom. The lowest BCUT2D eigenvalue weighted by Crippen LogP contribution is -2.36. The first kappa shape index (κ1) is 11.9. The third-order valence-corrected chi connectivity index (χ3v) is 3.22. The molecule has 0 radical (unpaired) electrons. The van der Waals surface area contributed by atoms with Crippen molar-refractivity contribution < 1.29 is 14.3 Å². The van der Waals surface area contributed by atoms with E-state index in [0.29, 0.717) is 0 Å². The van der Waals surface area contributed by atoms with Crippen molar-refractivity contribution in [3.8, 4) is 0 Å². The normalized spacial score (nSPS) is 20.3. The highest BCUT2D eigenvalue weighted by Gasteiger charge is 2.20. The van der Waals surface area contributed by atoms with E-state index in [0.717, 1.165) is 31.6 Å². The van der Waals surface area contributed by atoms with Crippen LogP contribution in [0.2, 0.25) is 0 Å². The molecule has 1 fully saturated rings. The second-order valence-electron chi connectivity index (χ2n) is 4.46. The topological polar surface area (TPSA) is 40.5 Å². The molecule has 92 valence electrons. The fraction of sp³-hybridized carbons (Fsp3) is 0.462. The number of alkyl halides is 1. The summed E-state index contributed by atoms with van der Waals surface area (Å²) in [5, 5.41) is 8.80. The molecule has 0 aliphatic carbocycles. The van der Waals surface area contributed by atoms with Crippen molar-refractivity contribution in [1.29, 1.82) is 0 Å². The van der Waals surface area contributed by atoms with Gasteiger partial charge in [-0.3, -0.25) is 4.39 Å². The van der Waals surface area contributed by atoms with Crippen LogP contribution in [0.15, 0.2) is 24.3 Å². The molecule has 1 aromatic rings. The van der Waals surface area contributed by atoms with Crippen LogP contribution in [0.4, 0.5) is 10.1 Å². The molecule has 0 amide bonds. The Morgan fingerprint density at radius 2 is 2.12 bits per heavy atom. The van der Waals surface area contributed by atoms with Gasteiger partial charge in [0.15, 0.2) is 0 Å². The Balaban J connectivity index is 2.08. The number of carbonyl (C=O) groups is 1. The Kier molecular flexibility index (Phi) is 3.61. The number of anilines is 1. The molecule has 1 saturated heterocycles. The van der Waals surface area contributed by atoms with Crippen molar-refractivity contribution in [1.82, 2.24) is 0 Å². The zero-order chi connectivity index (χ0) is 12.3. The van der Waals surface area contributed by atoms with E-state index in [2.05, 4.69) is 4.90 Å². The largest absolute Gasteiger partial charge is 0.478 e.